The van der Waals surface area contributed by atoms with Crippen LogP contribution in [0.3, 0.4) is 0 Å². The molecule has 2 N–H and O–H groups in total. The maximum absolute atomic E-state index is 12.9. The zero-order valence-corrected chi connectivity index (χ0v) is 18.6. The number of nitrogen functional groups attached to an aromatic ring is 1. The molecule has 0 radical (unpaired) electrons. The fourth-order valence-electron chi connectivity index (χ4n) is 4.23. The summed E-state index contributed by atoms with van der Waals surface area (Å²) in [5, 5.41) is 8.54. The highest BCUT2D eigenvalue weighted by molar-refractivity contribution is 5.73. The Balaban J connectivity index is 1.39. The van der Waals surface area contributed by atoms with Gasteiger partial charge in [0.1, 0.15) is 11.4 Å². The lowest BCUT2D eigenvalue weighted by molar-refractivity contribution is 0.0136. The number of carbonyl (C=O) groups is 1. The van der Waals surface area contributed by atoms with Gasteiger partial charge in [-0.05, 0) is 56.0 Å². The fourth-order valence-corrected chi connectivity index (χ4v) is 4.23. The molecule has 1 atom stereocenters. The summed E-state index contributed by atoms with van der Waals surface area (Å²) >= 11 is 0. The second-order valence-corrected chi connectivity index (χ2v) is 8.32. The molecule has 8 heteroatoms. The van der Waals surface area contributed by atoms with E-state index in [0.717, 1.165) is 51.1 Å². The molecular formula is C24H31N5O3. The minimum atomic E-state index is -0.342. The number of nitrogens with two attached hydrogens (primary N) is 1. The molecule has 2 heterocycles. The third-order valence-corrected chi connectivity index (χ3v) is 6.03. The number of ether oxygens (including phenoxy) is 2. The van der Waals surface area contributed by atoms with Gasteiger partial charge in [-0.15, -0.1) is 10.2 Å². The first-order chi connectivity index (χ1) is 15.6. The van der Waals surface area contributed by atoms with E-state index in [-0.39, 0.29) is 6.09 Å². The molecule has 2 aromatic rings. The van der Waals surface area contributed by atoms with Crippen molar-refractivity contribution >= 4 is 23.2 Å². The van der Waals surface area contributed by atoms with Gasteiger partial charge in [0.25, 0.3) is 0 Å². The summed E-state index contributed by atoms with van der Waals surface area (Å²) in [6.07, 6.45) is 2.66. The van der Waals surface area contributed by atoms with E-state index < -0.39 is 0 Å². The van der Waals surface area contributed by atoms with Crippen molar-refractivity contribution < 1.29 is 14.3 Å². The molecule has 0 aliphatic carbocycles. The highest BCUT2D eigenvalue weighted by Gasteiger charge is 2.27. The number of hydrogen-bond donors (Lipinski definition) is 1. The molecule has 4 rings (SSSR count). The number of hydrogen-bond acceptors (Lipinski definition) is 7. The lowest BCUT2D eigenvalue weighted by Gasteiger charge is -2.33. The van der Waals surface area contributed by atoms with Gasteiger partial charge in [0.05, 0.1) is 18.9 Å². The first-order valence-electron chi connectivity index (χ1n) is 11.3. The SMILES string of the molecule is Cc1ccc(N=Nc2ccccc2OC(=O)N2CCCC(N3CCOCC3)CC2)c(N)c1. The van der Waals surface area contributed by atoms with Crippen LogP contribution >= 0.6 is 0 Å². The highest BCUT2D eigenvalue weighted by Crippen LogP contribution is 2.31. The standard InChI is InChI=1S/C24H31N5O3/c1-18-8-9-21(20(25)17-18)26-27-22-6-2-3-7-23(22)32-24(30)29-11-4-5-19(10-12-29)28-13-15-31-16-14-28/h2-3,6-9,17,19H,4-5,10-16,25H2,1H3. The van der Waals surface area contributed by atoms with E-state index in [1.807, 2.05) is 37.3 Å². The Hall–Kier alpha value is -2.97. The number of anilines is 1. The van der Waals surface area contributed by atoms with Gasteiger partial charge in [-0.3, -0.25) is 4.90 Å². The van der Waals surface area contributed by atoms with Crippen molar-refractivity contribution in [1.29, 1.82) is 0 Å². The molecule has 170 valence electrons. The van der Waals surface area contributed by atoms with Crippen LogP contribution in [0.15, 0.2) is 52.7 Å². The fraction of sp³-hybridized carbons (Fsp3) is 0.458. The van der Waals surface area contributed by atoms with Crippen molar-refractivity contribution in [3.8, 4) is 5.75 Å². The summed E-state index contributed by atoms with van der Waals surface area (Å²) in [7, 11) is 0. The van der Waals surface area contributed by atoms with E-state index in [4.69, 9.17) is 15.2 Å². The summed E-state index contributed by atoms with van der Waals surface area (Å²) in [4.78, 5) is 17.2. The van der Waals surface area contributed by atoms with Crippen LogP contribution in [0.2, 0.25) is 0 Å². The van der Waals surface area contributed by atoms with E-state index in [2.05, 4.69) is 15.1 Å². The average molecular weight is 438 g/mol. The van der Waals surface area contributed by atoms with Gasteiger partial charge < -0.3 is 20.1 Å². The van der Waals surface area contributed by atoms with Crippen LogP contribution in [0.5, 0.6) is 5.75 Å². The predicted octanol–water partition coefficient (Wildman–Crippen LogP) is 4.68. The molecule has 0 bridgehead atoms. The topological polar surface area (TPSA) is 92.8 Å². The number of nitrogens with zero attached hydrogens (tertiary/aromatic N) is 4. The third-order valence-electron chi connectivity index (χ3n) is 6.03. The van der Waals surface area contributed by atoms with Crippen molar-refractivity contribution in [3.05, 3.63) is 48.0 Å². The van der Waals surface area contributed by atoms with Crippen LogP contribution in [0.25, 0.3) is 0 Å². The number of para-hydroxylation sites is 1. The summed E-state index contributed by atoms with van der Waals surface area (Å²) in [6.45, 7) is 6.88. The number of rotatable bonds is 4. The van der Waals surface area contributed by atoms with Gasteiger partial charge in [0.2, 0.25) is 0 Å². The van der Waals surface area contributed by atoms with Gasteiger partial charge in [0, 0.05) is 32.2 Å². The molecule has 2 aliphatic heterocycles. The Kier molecular flexibility index (Phi) is 7.34. The minimum Gasteiger partial charge on any atom is -0.408 e. The van der Waals surface area contributed by atoms with Gasteiger partial charge in [-0.25, -0.2) is 4.79 Å². The summed E-state index contributed by atoms with van der Waals surface area (Å²) in [5.41, 5.74) is 8.71. The maximum Gasteiger partial charge on any atom is 0.415 e. The van der Waals surface area contributed by atoms with Gasteiger partial charge >= 0.3 is 6.09 Å². The normalized spacial score (nSPS) is 20.3. The van der Waals surface area contributed by atoms with E-state index in [1.165, 1.54) is 0 Å². The summed E-state index contributed by atoms with van der Waals surface area (Å²) < 4.78 is 11.2. The van der Waals surface area contributed by atoms with Crippen LogP contribution in [0, 0.1) is 6.92 Å². The number of likely N-dealkylation sites (tertiary alicyclic amines) is 1. The number of azo groups is 1. The molecule has 0 saturated carbocycles. The second-order valence-electron chi connectivity index (χ2n) is 8.32. The molecular weight excluding hydrogens is 406 g/mol. The molecule has 2 aliphatic rings. The molecule has 1 unspecified atom stereocenters. The molecule has 0 spiro atoms. The van der Waals surface area contributed by atoms with E-state index in [1.54, 1.807) is 17.0 Å². The van der Waals surface area contributed by atoms with Crippen LogP contribution < -0.4 is 10.5 Å². The monoisotopic (exact) mass is 437 g/mol. The Morgan fingerprint density at radius 1 is 1.03 bits per heavy atom. The van der Waals surface area contributed by atoms with Gasteiger partial charge in [-0.1, -0.05) is 18.2 Å². The second kappa shape index (κ2) is 10.6. The largest absolute Gasteiger partial charge is 0.415 e. The molecule has 8 nitrogen and oxygen atoms in total. The van der Waals surface area contributed by atoms with Crippen molar-refractivity contribution in [3.63, 3.8) is 0 Å². The summed E-state index contributed by atoms with van der Waals surface area (Å²) in [5.74, 6) is 0.390. The van der Waals surface area contributed by atoms with Crippen LogP contribution in [-0.4, -0.2) is 61.3 Å². The van der Waals surface area contributed by atoms with Crippen LogP contribution in [-0.2, 0) is 4.74 Å². The predicted molar refractivity (Wildman–Crippen MR) is 124 cm³/mol. The number of aryl methyl sites for hydroxylation is 1. The number of carbonyl (C=O) groups excluding carboxylic acids is 1. The van der Waals surface area contributed by atoms with Crippen molar-refractivity contribution in [2.45, 2.75) is 32.2 Å². The maximum atomic E-state index is 12.9. The summed E-state index contributed by atoms with van der Waals surface area (Å²) in [6, 6.07) is 13.3. The quantitative estimate of drug-likeness (QED) is 0.554. The first-order valence-corrected chi connectivity index (χ1v) is 11.3. The molecule has 2 aromatic carbocycles. The molecule has 2 saturated heterocycles. The zero-order valence-electron chi connectivity index (χ0n) is 18.6. The van der Waals surface area contributed by atoms with Crippen molar-refractivity contribution in [2.24, 2.45) is 10.2 Å². The molecule has 2 fully saturated rings. The third kappa shape index (κ3) is 5.63. The van der Waals surface area contributed by atoms with Crippen LogP contribution in [0.1, 0.15) is 24.8 Å². The zero-order chi connectivity index (χ0) is 22.3. The molecule has 0 aromatic heterocycles. The Labute approximate surface area is 189 Å². The Bertz CT molecular complexity index is 958. The van der Waals surface area contributed by atoms with Gasteiger partial charge in [0.15, 0.2) is 5.75 Å². The lowest BCUT2D eigenvalue weighted by atomic mass is 10.1. The van der Waals surface area contributed by atoms with E-state index in [0.29, 0.717) is 41.9 Å². The molecule has 32 heavy (non-hydrogen) atoms. The Morgan fingerprint density at radius 2 is 1.81 bits per heavy atom. The van der Waals surface area contributed by atoms with E-state index in [9.17, 15) is 4.79 Å². The van der Waals surface area contributed by atoms with Crippen molar-refractivity contribution in [2.75, 3.05) is 45.1 Å². The highest BCUT2D eigenvalue weighted by atomic mass is 16.6. The minimum absolute atomic E-state index is 0.342. The average Bonchev–Trinajstić information content (AvgIpc) is 3.06. The number of amides is 1. The first kappa shape index (κ1) is 22.2. The number of morpholine rings is 1. The Morgan fingerprint density at radius 3 is 2.62 bits per heavy atom. The van der Waals surface area contributed by atoms with E-state index >= 15 is 0 Å². The van der Waals surface area contributed by atoms with Crippen LogP contribution in [0.4, 0.5) is 21.9 Å². The lowest BCUT2D eigenvalue weighted by Crippen LogP contribution is -2.44. The molecule has 1 amide bonds. The smallest absolute Gasteiger partial charge is 0.408 e. The van der Waals surface area contributed by atoms with Gasteiger partial charge in [-0.2, -0.15) is 0 Å². The van der Waals surface area contributed by atoms with Crippen molar-refractivity contribution in [1.82, 2.24) is 9.80 Å². The number of benzene rings is 2.